The first kappa shape index (κ1) is 15.6. The van der Waals surface area contributed by atoms with Gasteiger partial charge in [-0.05, 0) is 31.4 Å². The van der Waals surface area contributed by atoms with Gasteiger partial charge in [-0.1, -0.05) is 19.1 Å². The molecule has 0 saturated carbocycles. The zero-order valence-corrected chi connectivity index (χ0v) is 14.6. The van der Waals surface area contributed by atoms with E-state index >= 15 is 0 Å². The minimum Gasteiger partial charge on any atom is -0.371 e. The molecule has 4 rings (SSSR count). The fraction of sp³-hybridized carbons (Fsp3) is 0.444. The van der Waals surface area contributed by atoms with Crippen LogP contribution >= 0.6 is 11.3 Å². The Balaban J connectivity index is 1.69. The highest BCUT2D eigenvalue weighted by molar-refractivity contribution is 7.09. The molecule has 1 unspecified atom stereocenters. The molecule has 126 valence electrons. The zero-order valence-electron chi connectivity index (χ0n) is 13.8. The monoisotopic (exact) mass is 343 g/mol. The van der Waals surface area contributed by atoms with Crippen LogP contribution in [0.2, 0.25) is 0 Å². The van der Waals surface area contributed by atoms with Gasteiger partial charge in [-0.15, -0.1) is 11.3 Å². The number of hydrogen-bond acceptors (Lipinski definition) is 4. The summed E-state index contributed by atoms with van der Waals surface area (Å²) in [6.45, 7) is 4.17. The molecule has 3 heterocycles. The van der Waals surface area contributed by atoms with Crippen molar-refractivity contribution in [2.24, 2.45) is 0 Å². The second-order valence-corrected chi connectivity index (χ2v) is 7.08. The molecule has 0 amide bonds. The van der Waals surface area contributed by atoms with Gasteiger partial charge in [0.2, 0.25) is 0 Å². The Labute approximate surface area is 144 Å². The molecule has 0 aliphatic carbocycles. The molecule has 1 aliphatic rings. The van der Waals surface area contributed by atoms with Gasteiger partial charge in [0, 0.05) is 18.5 Å². The van der Waals surface area contributed by atoms with E-state index in [1.165, 1.54) is 0 Å². The Morgan fingerprint density at radius 1 is 1.29 bits per heavy atom. The molecular formula is C18H21N3O2S. The maximum Gasteiger partial charge on any atom is 0.329 e. The van der Waals surface area contributed by atoms with Crippen molar-refractivity contribution in [2.75, 3.05) is 6.61 Å². The minimum absolute atomic E-state index is 0.0460. The van der Waals surface area contributed by atoms with Crippen LogP contribution in [0.15, 0.2) is 34.4 Å². The van der Waals surface area contributed by atoms with Gasteiger partial charge in [0.25, 0.3) is 0 Å². The number of benzene rings is 1. The van der Waals surface area contributed by atoms with Crippen molar-refractivity contribution in [3.8, 4) is 0 Å². The quantitative estimate of drug-likeness (QED) is 0.711. The molecule has 5 nitrogen and oxygen atoms in total. The van der Waals surface area contributed by atoms with Crippen LogP contribution < -0.4 is 5.69 Å². The van der Waals surface area contributed by atoms with Crippen molar-refractivity contribution in [3.63, 3.8) is 0 Å². The molecule has 6 heteroatoms. The van der Waals surface area contributed by atoms with Gasteiger partial charge in [0.1, 0.15) is 11.1 Å². The van der Waals surface area contributed by atoms with Gasteiger partial charge in [-0.25, -0.2) is 9.78 Å². The van der Waals surface area contributed by atoms with Crippen LogP contribution in [0.1, 0.15) is 43.0 Å². The number of fused-ring (bicyclic) bond motifs is 1. The summed E-state index contributed by atoms with van der Waals surface area (Å²) in [5.74, 6) is 0. The summed E-state index contributed by atoms with van der Waals surface area (Å²) in [4.78, 5) is 17.5. The average Bonchev–Trinajstić information content (AvgIpc) is 3.32. The molecule has 1 fully saturated rings. The van der Waals surface area contributed by atoms with E-state index in [0.717, 1.165) is 54.1 Å². The van der Waals surface area contributed by atoms with Crippen LogP contribution in [0, 0.1) is 0 Å². The van der Waals surface area contributed by atoms with E-state index in [-0.39, 0.29) is 11.8 Å². The van der Waals surface area contributed by atoms with E-state index in [1.807, 2.05) is 33.4 Å². The SMILES string of the molecule is CCCn1c(=O)n(Cc2csc(C3CCCO3)n2)c2ccccc21. The van der Waals surface area contributed by atoms with Gasteiger partial charge in [-0.2, -0.15) is 0 Å². The largest absolute Gasteiger partial charge is 0.371 e. The van der Waals surface area contributed by atoms with Crippen molar-refractivity contribution in [2.45, 2.75) is 45.4 Å². The van der Waals surface area contributed by atoms with Gasteiger partial charge >= 0.3 is 5.69 Å². The molecule has 0 spiro atoms. The second kappa shape index (κ2) is 6.53. The number of rotatable bonds is 5. The summed E-state index contributed by atoms with van der Waals surface area (Å²) in [6, 6.07) is 7.99. The lowest BCUT2D eigenvalue weighted by Crippen LogP contribution is -2.24. The Morgan fingerprint density at radius 2 is 2.08 bits per heavy atom. The molecule has 2 aromatic heterocycles. The summed E-state index contributed by atoms with van der Waals surface area (Å²) in [5, 5.41) is 3.09. The summed E-state index contributed by atoms with van der Waals surface area (Å²) in [6.07, 6.45) is 3.22. The number of imidazole rings is 1. The van der Waals surface area contributed by atoms with Crippen LogP contribution in [0.4, 0.5) is 0 Å². The topological polar surface area (TPSA) is 49.0 Å². The minimum atomic E-state index is 0.0460. The average molecular weight is 343 g/mol. The lowest BCUT2D eigenvalue weighted by atomic mass is 10.2. The highest BCUT2D eigenvalue weighted by Gasteiger charge is 2.21. The molecule has 1 saturated heterocycles. The van der Waals surface area contributed by atoms with E-state index < -0.39 is 0 Å². The van der Waals surface area contributed by atoms with Gasteiger partial charge < -0.3 is 4.74 Å². The Bertz CT molecular complexity index is 903. The Hall–Kier alpha value is -1.92. The van der Waals surface area contributed by atoms with E-state index in [1.54, 1.807) is 11.3 Å². The summed E-state index contributed by atoms with van der Waals surface area (Å²) in [7, 11) is 0. The number of thiazole rings is 1. The van der Waals surface area contributed by atoms with Gasteiger partial charge in [-0.3, -0.25) is 9.13 Å². The first-order valence-corrected chi connectivity index (χ1v) is 9.40. The smallest absolute Gasteiger partial charge is 0.329 e. The van der Waals surface area contributed by atoms with Crippen LogP contribution in [0.3, 0.4) is 0 Å². The van der Waals surface area contributed by atoms with E-state index in [4.69, 9.17) is 9.72 Å². The maximum atomic E-state index is 12.8. The van der Waals surface area contributed by atoms with Gasteiger partial charge in [0.15, 0.2) is 0 Å². The normalized spacial score (nSPS) is 17.8. The number of ether oxygens (including phenoxy) is 1. The molecule has 0 radical (unpaired) electrons. The fourth-order valence-electron chi connectivity index (χ4n) is 3.34. The first-order chi connectivity index (χ1) is 11.8. The van der Waals surface area contributed by atoms with E-state index in [0.29, 0.717) is 6.54 Å². The second-order valence-electron chi connectivity index (χ2n) is 6.19. The number of nitrogens with zero attached hydrogens (tertiary/aromatic N) is 3. The highest BCUT2D eigenvalue weighted by atomic mass is 32.1. The van der Waals surface area contributed by atoms with Crippen molar-refractivity contribution in [1.82, 2.24) is 14.1 Å². The van der Waals surface area contributed by atoms with Crippen molar-refractivity contribution in [3.05, 3.63) is 50.8 Å². The molecule has 0 bridgehead atoms. The molecule has 1 atom stereocenters. The third-order valence-corrected chi connectivity index (χ3v) is 5.45. The molecular weight excluding hydrogens is 322 g/mol. The first-order valence-electron chi connectivity index (χ1n) is 8.52. The molecule has 0 N–H and O–H groups in total. The van der Waals surface area contributed by atoms with Crippen molar-refractivity contribution >= 4 is 22.4 Å². The zero-order chi connectivity index (χ0) is 16.5. The number of aromatic nitrogens is 3. The Morgan fingerprint density at radius 3 is 2.79 bits per heavy atom. The highest BCUT2D eigenvalue weighted by Crippen LogP contribution is 2.30. The molecule has 3 aromatic rings. The molecule has 1 aromatic carbocycles. The third kappa shape index (κ3) is 2.70. The van der Waals surface area contributed by atoms with Crippen molar-refractivity contribution in [1.29, 1.82) is 0 Å². The van der Waals surface area contributed by atoms with Crippen LogP contribution in [-0.2, 0) is 17.8 Å². The number of aryl methyl sites for hydroxylation is 1. The maximum absolute atomic E-state index is 12.8. The number of hydrogen-bond donors (Lipinski definition) is 0. The predicted molar refractivity (Wildman–Crippen MR) is 95.6 cm³/mol. The van der Waals surface area contributed by atoms with Gasteiger partial charge in [0.05, 0.1) is 23.3 Å². The Kier molecular flexibility index (Phi) is 4.24. The summed E-state index contributed by atoms with van der Waals surface area (Å²) < 4.78 is 9.40. The lowest BCUT2D eigenvalue weighted by molar-refractivity contribution is 0.111. The molecule has 24 heavy (non-hydrogen) atoms. The number of para-hydroxylation sites is 2. The van der Waals surface area contributed by atoms with E-state index in [9.17, 15) is 4.79 Å². The van der Waals surface area contributed by atoms with E-state index in [2.05, 4.69) is 12.3 Å². The fourth-order valence-corrected chi connectivity index (χ4v) is 4.23. The van der Waals surface area contributed by atoms with Crippen LogP contribution in [0.5, 0.6) is 0 Å². The van der Waals surface area contributed by atoms with Crippen molar-refractivity contribution < 1.29 is 4.74 Å². The van der Waals surface area contributed by atoms with Crippen LogP contribution in [-0.4, -0.2) is 20.7 Å². The summed E-state index contributed by atoms with van der Waals surface area (Å²) in [5.41, 5.74) is 2.96. The lowest BCUT2D eigenvalue weighted by Gasteiger charge is -2.04. The predicted octanol–water partition coefficient (Wildman–Crippen LogP) is 3.57. The van der Waals surface area contributed by atoms with Crippen LogP contribution in [0.25, 0.3) is 11.0 Å². The third-order valence-electron chi connectivity index (χ3n) is 4.47. The molecule has 1 aliphatic heterocycles. The standard InChI is InChI=1S/C18H21N3O2S/c1-2-9-20-14-6-3-4-7-15(14)21(18(20)22)11-13-12-24-17(19-13)16-8-5-10-23-16/h3-4,6-7,12,16H,2,5,8-11H2,1H3. The summed E-state index contributed by atoms with van der Waals surface area (Å²) >= 11 is 1.64.